The fraction of sp³-hybridized carbons (Fsp3) is 0.333. The lowest BCUT2D eigenvalue weighted by Gasteiger charge is -2.07. The van der Waals surface area contributed by atoms with E-state index < -0.39 is 5.60 Å². The summed E-state index contributed by atoms with van der Waals surface area (Å²) in [5.74, 6) is 5.52. The molecule has 0 radical (unpaired) electrons. The molecule has 5 heteroatoms. The van der Waals surface area contributed by atoms with E-state index in [4.69, 9.17) is 0 Å². The maximum Gasteiger partial charge on any atom is 0.251 e. The Hall–Kier alpha value is -2.58. The van der Waals surface area contributed by atoms with E-state index in [2.05, 4.69) is 22.1 Å². The summed E-state index contributed by atoms with van der Waals surface area (Å²) in [6, 6.07) is 7.03. The monoisotopic (exact) mass is 311 g/mol. The standard InChI is InChI=1S/C18H21N3O2/c1-18(2,23)9-8-15-4-6-16(7-5-15)17(22)20-10-3-12-21-13-11-19-14-21/h4-7,11,13-14,23H,3,10,12H2,1-2H3,(H,20,22). The first kappa shape index (κ1) is 16.8. The summed E-state index contributed by atoms with van der Waals surface area (Å²) in [7, 11) is 0. The van der Waals surface area contributed by atoms with E-state index in [1.165, 1.54) is 0 Å². The number of hydrogen-bond acceptors (Lipinski definition) is 3. The lowest BCUT2D eigenvalue weighted by molar-refractivity contribution is 0.0952. The van der Waals surface area contributed by atoms with Gasteiger partial charge in [0.2, 0.25) is 0 Å². The maximum absolute atomic E-state index is 12.0. The summed E-state index contributed by atoms with van der Waals surface area (Å²) in [5, 5.41) is 12.5. The molecule has 2 N–H and O–H groups in total. The Balaban J connectivity index is 1.81. The van der Waals surface area contributed by atoms with Gasteiger partial charge in [0.1, 0.15) is 5.60 Å². The summed E-state index contributed by atoms with van der Waals surface area (Å²) in [5.41, 5.74) is 0.343. The molecule has 2 rings (SSSR count). The molecule has 0 aliphatic heterocycles. The number of carbonyl (C=O) groups excluding carboxylic acids is 1. The van der Waals surface area contributed by atoms with Gasteiger partial charge in [-0.15, -0.1) is 0 Å². The third-order valence-electron chi connectivity index (χ3n) is 3.10. The molecule has 0 bridgehead atoms. The number of imidazole rings is 1. The fourth-order valence-corrected chi connectivity index (χ4v) is 1.91. The molecule has 0 unspecified atom stereocenters. The number of aromatic nitrogens is 2. The molecule has 2 aromatic rings. The van der Waals surface area contributed by atoms with E-state index in [9.17, 15) is 9.90 Å². The van der Waals surface area contributed by atoms with Gasteiger partial charge in [0.05, 0.1) is 6.33 Å². The Kier molecular flexibility index (Phi) is 5.56. The number of aliphatic hydroxyl groups is 1. The van der Waals surface area contributed by atoms with Crippen LogP contribution in [0.25, 0.3) is 0 Å². The van der Waals surface area contributed by atoms with Crippen LogP contribution in [-0.4, -0.2) is 32.7 Å². The van der Waals surface area contributed by atoms with Gasteiger partial charge in [-0.2, -0.15) is 0 Å². The van der Waals surface area contributed by atoms with E-state index in [0.717, 1.165) is 18.5 Å². The largest absolute Gasteiger partial charge is 0.378 e. The fourth-order valence-electron chi connectivity index (χ4n) is 1.91. The highest BCUT2D eigenvalue weighted by atomic mass is 16.3. The second-order valence-corrected chi connectivity index (χ2v) is 5.80. The van der Waals surface area contributed by atoms with Crippen molar-refractivity contribution in [1.82, 2.24) is 14.9 Å². The number of rotatable bonds is 5. The Morgan fingerprint density at radius 1 is 1.35 bits per heavy atom. The molecule has 0 atom stereocenters. The van der Waals surface area contributed by atoms with Gasteiger partial charge in [0.15, 0.2) is 0 Å². The lowest BCUT2D eigenvalue weighted by atomic mass is 10.1. The summed E-state index contributed by atoms with van der Waals surface area (Å²) in [4.78, 5) is 16.0. The van der Waals surface area contributed by atoms with Gasteiger partial charge >= 0.3 is 0 Å². The molecular weight excluding hydrogens is 290 g/mol. The molecule has 0 saturated carbocycles. The molecule has 0 aliphatic rings. The van der Waals surface area contributed by atoms with E-state index >= 15 is 0 Å². The van der Waals surface area contributed by atoms with Crippen molar-refractivity contribution in [2.75, 3.05) is 6.54 Å². The van der Waals surface area contributed by atoms with Crippen molar-refractivity contribution in [3.8, 4) is 11.8 Å². The Morgan fingerprint density at radius 2 is 2.09 bits per heavy atom. The normalized spacial score (nSPS) is 10.7. The summed E-state index contributed by atoms with van der Waals surface area (Å²) in [6.45, 7) is 4.69. The van der Waals surface area contributed by atoms with Crippen molar-refractivity contribution in [3.05, 3.63) is 54.1 Å². The first-order valence-electron chi connectivity index (χ1n) is 7.54. The van der Waals surface area contributed by atoms with Crippen molar-refractivity contribution in [2.45, 2.75) is 32.4 Å². The minimum atomic E-state index is -1.02. The Morgan fingerprint density at radius 3 is 2.70 bits per heavy atom. The highest BCUT2D eigenvalue weighted by Gasteiger charge is 2.06. The number of aryl methyl sites for hydroxylation is 1. The summed E-state index contributed by atoms with van der Waals surface area (Å²) >= 11 is 0. The number of amides is 1. The molecule has 0 fully saturated rings. The molecule has 5 nitrogen and oxygen atoms in total. The predicted molar refractivity (Wildman–Crippen MR) is 88.8 cm³/mol. The van der Waals surface area contributed by atoms with Crippen molar-refractivity contribution < 1.29 is 9.90 Å². The molecule has 0 saturated heterocycles. The number of nitrogens with zero attached hydrogens (tertiary/aromatic N) is 2. The van der Waals surface area contributed by atoms with Crippen molar-refractivity contribution >= 4 is 5.91 Å². The van der Waals surface area contributed by atoms with E-state index in [1.54, 1.807) is 50.6 Å². The van der Waals surface area contributed by atoms with Gasteiger partial charge in [0, 0.05) is 36.6 Å². The third-order valence-corrected chi connectivity index (χ3v) is 3.10. The van der Waals surface area contributed by atoms with Crippen LogP contribution in [0.2, 0.25) is 0 Å². The third kappa shape index (κ3) is 5.97. The van der Waals surface area contributed by atoms with Crippen LogP contribution in [0.1, 0.15) is 36.2 Å². The zero-order valence-electron chi connectivity index (χ0n) is 13.4. The van der Waals surface area contributed by atoms with Crippen LogP contribution in [0.3, 0.4) is 0 Å². The molecule has 0 spiro atoms. The SMILES string of the molecule is CC(C)(O)C#Cc1ccc(C(=O)NCCCn2ccnc2)cc1. The first-order chi connectivity index (χ1) is 10.9. The van der Waals surface area contributed by atoms with Gasteiger partial charge in [-0.3, -0.25) is 4.79 Å². The smallest absolute Gasteiger partial charge is 0.251 e. The van der Waals surface area contributed by atoms with Crippen LogP contribution >= 0.6 is 0 Å². The molecule has 1 aromatic carbocycles. The molecule has 1 amide bonds. The average molecular weight is 311 g/mol. The number of hydrogen-bond donors (Lipinski definition) is 2. The van der Waals surface area contributed by atoms with Crippen LogP contribution in [0.4, 0.5) is 0 Å². The molecule has 1 heterocycles. The lowest BCUT2D eigenvalue weighted by Crippen LogP contribution is -2.25. The molecule has 0 aliphatic carbocycles. The number of nitrogens with one attached hydrogen (secondary N) is 1. The van der Waals surface area contributed by atoms with Gasteiger partial charge in [0.25, 0.3) is 5.91 Å². The maximum atomic E-state index is 12.0. The second-order valence-electron chi connectivity index (χ2n) is 5.80. The predicted octanol–water partition coefficient (Wildman–Crippen LogP) is 1.83. The molecule has 1 aromatic heterocycles. The minimum Gasteiger partial charge on any atom is -0.378 e. The summed E-state index contributed by atoms with van der Waals surface area (Å²) < 4.78 is 1.97. The molecule has 23 heavy (non-hydrogen) atoms. The van der Waals surface area contributed by atoms with Crippen LogP contribution in [0.5, 0.6) is 0 Å². The van der Waals surface area contributed by atoms with Gasteiger partial charge in [-0.1, -0.05) is 11.8 Å². The van der Waals surface area contributed by atoms with E-state index in [1.807, 2.05) is 10.8 Å². The van der Waals surface area contributed by atoms with Crippen molar-refractivity contribution in [3.63, 3.8) is 0 Å². The topological polar surface area (TPSA) is 67.2 Å². The zero-order valence-corrected chi connectivity index (χ0v) is 13.4. The van der Waals surface area contributed by atoms with E-state index in [0.29, 0.717) is 12.1 Å². The number of carbonyl (C=O) groups is 1. The Bertz CT molecular complexity index is 687. The summed E-state index contributed by atoms with van der Waals surface area (Å²) in [6.07, 6.45) is 6.24. The van der Waals surface area contributed by atoms with E-state index in [-0.39, 0.29) is 5.91 Å². The van der Waals surface area contributed by atoms with Gasteiger partial charge in [-0.05, 0) is 44.5 Å². The zero-order chi connectivity index (χ0) is 16.7. The van der Waals surface area contributed by atoms with Gasteiger partial charge in [-0.25, -0.2) is 4.98 Å². The van der Waals surface area contributed by atoms with Crippen molar-refractivity contribution in [1.29, 1.82) is 0 Å². The van der Waals surface area contributed by atoms with Crippen molar-refractivity contribution in [2.24, 2.45) is 0 Å². The Labute approximate surface area is 136 Å². The molecule has 120 valence electrons. The number of benzene rings is 1. The highest BCUT2D eigenvalue weighted by molar-refractivity contribution is 5.94. The minimum absolute atomic E-state index is 0.0994. The van der Waals surface area contributed by atoms with Crippen LogP contribution < -0.4 is 5.32 Å². The van der Waals surface area contributed by atoms with Crippen LogP contribution in [0.15, 0.2) is 43.0 Å². The average Bonchev–Trinajstić information content (AvgIpc) is 3.02. The first-order valence-corrected chi connectivity index (χ1v) is 7.54. The highest BCUT2D eigenvalue weighted by Crippen LogP contribution is 2.05. The van der Waals surface area contributed by atoms with Crippen LogP contribution in [0, 0.1) is 11.8 Å². The quantitative estimate of drug-likeness (QED) is 0.654. The molecular formula is C18H21N3O2. The second kappa shape index (κ2) is 7.61. The van der Waals surface area contributed by atoms with Crippen LogP contribution in [-0.2, 0) is 6.54 Å². The van der Waals surface area contributed by atoms with Gasteiger partial charge < -0.3 is 15.0 Å².